The summed E-state index contributed by atoms with van der Waals surface area (Å²) in [7, 11) is 3.19. The van der Waals surface area contributed by atoms with Crippen molar-refractivity contribution in [1.29, 1.82) is 0 Å². The van der Waals surface area contributed by atoms with Crippen LogP contribution in [-0.2, 0) is 11.2 Å². The lowest BCUT2D eigenvalue weighted by Crippen LogP contribution is -2.33. The molecule has 1 aliphatic carbocycles. The number of methoxy groups -OCH3 is 1. The summed E-state index contributed by atoms with van der Waals surface area (Å²) < 4.78 is 4.68. The summed E-state index contributed by atoms with van der Waals surface area (Å²) >= 11 is 0. The van der Waals surface area contributed by atoms with Crippen LogP contribution in [0.25, 0.3) is 0 Å². The van der Waals surface area contributed by atoms with E-state index >= 15 is 0 Å². The first-order valence-electron chi connectivity index (χ1n) is 8.15. The summed E-state index contributed by atoms with van der Waals surface area (Å²) in [6, 6.07) is 15.1. The Bertz CT molecular complexity index is 752. The molecule has 0 aliphatic heterocycles. The third-order valence-corrected chi connectivity index (χ3v) is 4.68. The zero-order valence-corrected chi connectivity index (χ0v) is 14.0. The summed E-state index contributed by atoms with van der Waals surface area (Å²) in [6.07, 6.45) is 3.13. The highest BCUT2D eigenvalue weighted by atomic mass is 16.5. The van der Waals surface area contributed by atoms with Crippen LogP contribution in [0.1, 0.15) is 50.7 Å². The lowest BCUT2D eigenvalue weighted by Gasteiger charge is -2.33. The van der Waals surface area contributed by atoms with Crippen LogP contribution in [0.2, 0.25) is 0 Å². The zero-order chi connectivity index (χ0) is 17.1. The van der Waals surface area contributed by atoms with E-state index in [0.717, 1.165) is 19.3 Å². The maximum atomic E-state index is 12.8. The Kier molecular flexibility index (Phi) is 4.65. The second-order valence-corrected chi connectivity index (χ2v) is 6.09. The first-order valence-corrected chi connectivity index (χ1v) is 8.15. The van der Waals surface area contributed by atoms with Crippen LogP contribution < -0.4 is 0 Å². The smallest absolute Gasteiger partial charge is 0.337 e. The number of nitrogens with zero attached hydrogens (tertiary/aromatic N) is 1. The van der Waals surface area contributed by atoms with Gasteiger partial charge >= 0.3 is 5.97 Å². The molecular weight excluding hydrogens is 302 g/mol. The van der Waals surface area contributed by atoms with Gasteiger partial charge in [0.25, 0.3) is 5.91 Å². The van der Waals surface area contributed by atoms with Gasteiger partial charge in [-0.3, -0.25) is 4.79 Å². The monoisotopic (exact) mass is 323 g/mol. The van der Waals surface area contributed by atoms with Gasteiger partial charge in [0.05, 0.1) is 18.7 Å². The van der Waals surface area contributed by atoms with E-state index in [1.807, 2.05) is 18.0 Å². The third kappa shape index (κ3) is 3.04. The predicted molar refractivity (Wildman–Crippen MR) is 92.0 cm³/mol. The molecular formula is C20H21NO3. The van der Waals surface area contributed by atoms with Gasteiger partial charge in [-0.05, 0) is 54.7 Å². The van der Waals surface area contributed by atoms with Crippen molar-refractivity contribution in [1.82, 2.24) is 4.90 Å². The van der Waals surface area contributed by atoms with Crippen LogP contribution in [0.15, 0.2) is 48.5 Å². The lowest BCUT2D eigenvalue weighted by molar-refractivity contribution is 0.0599. The SMILES string of the molecule is COC(=O)c1ccc(C(=O)N(C)C2CCCc3ccccc32)cc1. The molecule has 0 radical (unpaired) electrons. The highest BCUT2D eigenvalue weighted by molar-refractivity contribution is 5.96. The first-order chi connectivity index (χ1) is 11.6. The van der Waals surface area contributed by atoms with Crippen molar-refractivity contribution in [3.63, 3.8) is 0 Å². The summed E-state index contributed by atoms with van der Waals surface area (Å²) in [5, 5.41) is 0. The van der Waals surface area contributed by atoms with Gasteiger partial charge in [-0.1, -0.05) is 24.3 Å². The summed E-state index contributed by atoms with van der Waals surface area (Å²) in [5.74, 6) is -0.434. The van der Waals surface area contributed by atoms with Crippen LogP contribution in [-0.4, -0.2) is 30.9 Å². The van der Waals surface area contributed by atoms with Gasteiger partial charge in [0.1, 0.15) is 0 Å². The van der Waals surface area contributed by atoms with E-state index in [2.05, 4.69) is 22.9 Å². The summed E-state index contributed by atoms with van der Waals surface area (Å²) in [6.45, 7) is 0. The molecule has 1 atom stereocenters. The van der Waals surface area contributed by atoms with Crippen LogP contribution in [0.4, 0.5) is 0 Å². The highest BCUT2D eigenvalue weighted by Crippen LogP contribution is 2.34. The third-order valence-electron chi connectivity index (χ3n) is 4.68. The van der Waals surface area contributed by atoms with Crippen molar-refractivity contribution in [2.75, 3.05) is 14.2 Å². The molecule has 124 valence electrons. The van der Waals surface area contributed by atoms with E-state index in [0.29, 0.717) is 11.1 Å². The highest BCUT2D eigenvalue weighted by Gasteiger charge is 2.27. The average Bonchev–Trinajstić information content (AvgIpc) is 2.66. The molecule has 2 aromatic rings. The topological polar surface area (TPSA) is 46.6 Å². The molecule has 3 rings (SSSR count). The molecule has 0 spiro atoms. The van der Waals surface area contributed by atoms with E-state index < -0.39 is 5.97 Å². The molecule has 0 saturated heterocycles. The number of amides is 1. The molecule has 1 amide bonds. The van der Waals surface area contributed by atoms with Crippen LogP contribution in [0.5, 0.6) is 0 Å². The molecule has 1 aliphatic rings. The number of carbonyl (C=O) groups excluding carboxylic acids is 2. The largest absolute Gasteiger partial charge is 0.465 e. The van der Waals surface area contributed by atoms with Crippen molar-refractivity contribution in [2.45, 2.75) is 25.3 Å². The Morgan fingerprint density at radius 2 is 1.71 bits per heavy atom. The second-order valence-electron chi connectivity index (χ2n) is 6.09. The fraction of sp³-hybridized carbons (Fsp3) is 0.300. The summed E-state index contributed by atoms with van der Waals surface area (Å²) in [5.41, 5.74) is 3.59. The van der Waals surface area contributed by atoms with Crippen LogP contribution >= 0.6 is 0 Å². The number of aryl methyl sites for hydroxylation is 1. The Labute approximate surface area is 142 Å². The number of hydrogen-bond donors (Lipinski definition) is 0. The van der Waals surface area contributed by atoms with Gasteiger partial charge in [0.15, 0.2) is 0 Å². The first kappa shape index (κ1) is 16.2. The zero-order valence-electron chi connectivity index (χ0n) is 14.0. The molecule has 0 heterocycles. The maximum absolute atomic E-state index is 12.8. The van der Waals surface area contributed by atoms with E-state index in [4.69, 9.17) is 0 Å². The normalized spacial score (nSPS) is 16.2. The van der Waals surface area contributed by atoms with Crippen molar-refractivity contribution in [3.05, 3.63) is 70.8 Å². The number of esters is 1. The van der Waals surface area contributed by atoms with Gasteiger partial charge in [-0.2, -0.15) is 0 Å². The minimum atomic E-state index is -0.399. The van der Waals surface area contributed by atoms with Crippen molar-refractivity contribution in [3.8, 4) is 0 Å². The molecule has 1 unspecified atom stereocenters. The molecule has 4 heteroatoms. The molecule has 4 nitrogen and oxygen atoms in total. The quantitative estimate of drug-likeness (QED) is 0.811. The number of ether oxygens (including phenoxy) is 1. The molecule has 0 N–H and O–H groups in total. The number of benzene rings is 2. The average molecular weight is 323 g/mol. The molecule has 0 fully saturated rings. The van der Waals surface area contributed by atoms with E-state index in [9.17, 15) is 9.59 Å². The van der Waals surface area contributed by atoms with E-state index in [1.54, 1.807) is 24.3 Å². The molecule has 24 heavy (non-hydrogen) atoms. The number of rotatable bonds is 3. The van der Waals surface area contributed by atoms with Gasteiger partial charge in [0, 0.05) is 12.6 Å². The second kappa shape index (κ2) is 6.87. The number of hydrogen-bond acceptors (Lipinski definition) is 3. The van der Waals surface area contributed by atoms with Gasteiger partial charge < -0.3 is 9.64 Å². The van der Waals surface area contributed by atoms with Crippen molar-refractivity contribution in [2.24, 2.45) is 0 Å². The molecule has 0 bridgehead atoms. The standard InChI is InChI=1S/C20H21NO3/c1-21(18-9-5-7-14-6-3-4-8-17(14)18)19(22)15-10-12-16(13-11-15)20(23)24-2/h3-4,6,8,10-13,18H,5,7,9H2,1-2H3. The minimum absolute atomic E-state index is 0.0341. The van der Waals surface area contributed by atoms with Gasteiger partial charge in [-0.25, -0.2) is 4.79 Å². The fourth-order valence-corrected chi connectivity index (χ4v) is 3.34. The molecule has 0 aromatic heterocycles. The Morgan fingerprint density at radius 1 is 1.04 bits per heavy atom. The molecule has 0 saturated carbocycles. The number of fused-ring (bicyclic) bond motifs is 1. The molecule has 2 aromatic carbocycles. The number of carbonyl (C=O) groups is 2. The maximum Gasteiger partial charge on any atom is 0.337 e. The van der Waals surface area contributed by atoms with Crippen molar-refractivity contribution < 1.29 is 14.3 Å². The minimum Gasteiger partial charge on any atom is -0.465 e. The van der Waals surface area contributed by atoms with Gasteiger partial charge in [0.2, 0.25) is 0 Å². The van der Waals surface area contributed by atoms with Crippen molar-refractivity contribution >= 4 is 11.9 Å². The Morgan fingerprint density at radius 3 is 2.42 bits per heavy atom. The van der Waals surface area contributed by atoms with E-state index in [1.165, 1.54) is 18.2 Å². The predicted octanol–water partition coefficient (Wildman–Crippen LogP) is 3.62. The Hall–Kier alpha value is -2.62. The Balaban J connectivity index is 1.82. The fourth-order valence-electron chi connectivity index (χ4n) is 3.34. The summed E-state index contributed by atoms with van der Waals surface area (Å²) in [4.78, 5) is 26.1. The van der Waals surface area contributed by atoms with E-state index in [-0.39, 0.29) is 11.9 Å². The van der Waals surface area contributed by atoms with Crippen LogP contribution in [0.3, 0.4) is 0 Å². The lowest BCUT2D eigenvalue weighted by atomic mass is 9.87. The van der Waals surface area contributed by atoms with Crippen LogP contribution in [0, 0.1) is 0 Å². The van der Waals surface area contributed by atoms with Gasteiger partial charge in [-0.15, -0.1) is 0 Å².